The van der Waals surface area contributed by atoms with Crippen LogP contribution in [0.2, 0.25) is 0 Å². The Hall–Kier alpha value is -5.53. The second-order valence-corrected chi connectivity index (χ2v) is 18.4. The van der Waals surface area contributed by atoms with Crippen molar-refractivity contribution in [3.05, 3.63) is 83.9 Å². The molecule has 3 rings (SSSR count). The van der Waals surface area contributed by atoms with Gasteiger partial charge in [-0.2, -0.15) is 0 Å². The third-order valence-electron chi connectivity index (χ3n) is 10.7. The number of nitrogens with zero attached hydrogens (tertiary/aromatic N) is 2. The molecule has 1 aliphatic rings. The number of urea groups is 1. The maximum absolute atomic E-state index is 12.5. The molecule has 14 heteroatoms. The Labute approximate surface area is 410 Å². The Balaban J connectivity index is 0. The van der Waals surface area contributed by atoms with E-state index in [1.54, 1.807) is 27.7 Å². The van der Waals surface area contributed by atoms with Gasteiger partial charge in [0.2, 0.25) is 23.6 Å². The highest BCUT2D eigenvalue weighted by molar-refractivity contribution is 6.01. The minimum Gasteiger partial charge on any atom is -0.481 e. The van der Waals surface area contributed by atoms with Crippen molar-refractivity contribution in [2.24, 2.45) is 29.6 Å². The minimum atomic E-state index is -0.919. The molecule has 0 aromatic heterocycles. The second kappa shape index (κ2) is 38.4. The maximum atomic E-state index is 12.5. The molecule has 0 aliphatic carbocycles. The van der Waals surface area contributed by atoms with Crippen LogP contribution in [-0.2, 0) is 24.0 Å². The van der Waals surface area contributed by atoms with Gasteiger partial charge in [-0.1, -0.05) is 110 Å². The number of carboxylic acid groups (broad SMARTS) is 1. The van der Waals surface area contributed by atoms with E-state index in [1.165, 1.54) is 16.2 Å². The van der Waals surface area contributed by atoms with Crippen molar-refractivity contribution < 1.29 is 38.7 Å². The molecule has 1 aliphatic heterocycles. The third-order valence-corrected chi connectivity index (χ3v) is 10.7. The average Bonchev–Trinajstić information content (AvgIpc) is 3.58. The molecule has 1 fully saturated rings. The van der Waals surface area contributed by atoms with Gasteiger partial charge in [-0.25, -0.2) is 4.79 Å². The number of hydrogen-bond acceptors (Lipinski definition) is 7. The number of carbonyl (C=O) groups excluding carboxylic acids is 6. The van der Waals surface area contributed by atoms with Crippen LogP contribution >= 0.6 is 0 Å². The van der Waals surface area contributed by atoms with Gasteiger partial charge in [0.25, 0.3) is 5.91 Å². The van der Waals surface area contributed by atoms with Gasteiger partial charge < -0.3 is 31.3 Å². The lowest BCUT2D eigenvalue weighted by Crippen LogP contribution is -2.38. The lowest BCUT2D eigenvalue weighted by atomic mass is 9.82. The predicted molar refractivity (Wildman–Crippen MR) is 276 cm³/mol. The van der Waals surface area contributed by atoms with Crippen LogP contribution in [0.3, 0.4) is 0 Å². The second-order valence-electron chi connectivity index (χ2n) is 18.4. The highest BCUT2D eigenvalue weighted by Crippen LogP contribution is 2.28. The molecule has 68 heavy (non-hydrogen) atoms. The summed E-state index contributed by atoms with van der Waals surface area (Å²) in [5.41, 5.74) is 2.43. The van der Waals surface area contributed by atoms with Crippen LogP contribution in [0.1, 0.15) is 157 Å². The number of rotatable bonds is 23. The van der Waals surface area contributed by atoms with Crippen molar-refractivity contribution in [1.29, 1.82) is 0 Å². The van der Waals surface area contributed by atoms with E-state index in [9.17, 15) is 38.7 Å². The first-order valence-corrected chi connectivity index (χ1v) is 24.7. The molecule has 3 unspecified atom stereocenters. The van der Waals surface area contributed by atoms with E-state index in [2.05, 4.69) is 69.4 Å². The van der Waals surface area contributed by atoms with E-state index >= 15 is 0 Å². The Morgan fingerprint density at radius 1 is 0.662 bits per heavy atom. The number of carbonyl (C=O) groups is 7. The van der Waals surface area contributed by atoms with Gasteiger partial charge in [0.1, 0.15) is 6.54 Å². The zero-order chi connectivity index (χ0) is 52.2. The van der Waals surface area contributed by atoms with Gasteiger partial charge in [-0.3, -0.25) is 33.7 Å². The fourth-order valence-corrected chi connectivity index (χ4v) is 6.50. The summed E-state index contributed by atoms with van der Waals surface area (Å²) in [7, 11) is 0. The van der Waals surface area contributed by atoms with Gasteiger partial charge in [0.15, 0.2) is 0 Å². The number of amides is 7. The van der Waals surface area contributed by atoms with E-state index in [0.29, 0.717) is 50.0 Å². The first-order chi connectivity index (χ1) is 32.0. The normalized spacial score (nSPS) is 12.9. The van der Waals surface area contributed by atoms with Crippen molar-refractivity contribution in [3.8, 4) is 0 Å². The standard InChI is InChI=1S/C20H31NO3.C13H19NO.C8H17NO.C7H12N2O2.C6H11NO/c1-14(2)9-8-12-21-19(22)18(16(4)20(23)24)13-15(3)17-10-6-5-7-11-17;1-11(2)7-6-10-14-13(15)12-8-4-3-5-9-12;1-7(2)5-4-6-9-8(3)10;1-3-8-5-6(10)9(4-2)7(8)11;1-4-7-6(8)5(2)3/h5-7,10-11,14-16,18H,8-9,12-13H2,1-4H3,(H,21,22)(H,23,24);3-5,8-9,11H,6-7,10H2,1-2H3,(H,14,15);7H,4-6H2,1-3H3,(H,9,10);3-5H2,1-2H3;2,4H2,1,3H3,(H,7,8). The fourth-order valence-electron chi connectivity index (χ4n) is 6.50. The van der Waals surface area contributed by atoms with E-state index in [1.807, 2.05) is 81.4 Å². The molecule has 1 heterocycles. The van der Waals surface area contributed by atoms with Crippen LogP contribution in [0.5, 0.6) is 0 Å². The predicted octanol–water partition coefficient (Wildman–Crippen LogP) is 9.47. The molecule has 384 valence electrons. The molecule has 0 saturated carbocycles. The summed E-state index contributed by atoms with van der Waals surface area (Å²) in [5, 5.41) is 20.6. The summed E-state index contributed by atoms with van der Waals surface area (Å²) in [4.78, 5) is 81.5. The number of nitrogens with one attached hydrogen (secondary N) is 4. The van der Waals surface area contributed by atoms with Gasteiger partial charge >= 0.3 is 12.0 Å². The van der Waals surface area contributed by atoms with Crippen molar-refractivity contribution in [1.82, 2.24) is 31.1 Å². The first-order valence-electron chi connectivity index (χ1n) is 24.7. The molecule has 7 amide bonds. The van der Waals surface area contributed by atoms with Crippen molar-refractivity contribution in [2.45, 2.75) is 141 Å². The first kappa shape index (κ1) is 64.6. The summed E-state index contributed by atoms with van der Waals surface area (Å²) in [6.07, 6.45) is 7.02. The molecule has 1 saturated heterocycles. The van der Waals surface area contributed by atoms with Crippen LogP contribution in [0.4, 0.5) is 4.79 Å². The van der Waals surface area contributed by atoms with E-state index in [0.717, 1.165) is 62.2 Å². The Morgan fingerprint density at radius 2 is 1.13 bits per heavy atom. The zero-order valence-corrected chi connectivity index (χ0v) is 44.0. The topological polar surface area (TPSA) is 194 Å². The van der Waals surface area contributed by atoms with Crippen LogP contribution in [-0.4, -0.2) is 102 Å². The number of imide groups is 1. The molecule has 3 atom stereocenters. The van der Waals surface area contributed by atoms with E-state index < -0.39 is 17.8 Å². The smallest absolute Gasteiger partial charge is 0.327 e. The summed E-state index contributed by atoms with van der Waals surface area (Å²) in [5.74, 6) is -0.123. The highest BCUT2D eigenvalue weighted by atomic mass is 16.4. The highest BCUT2D eigenvalue weighted by Gasteiger charge is 2.33. The monoisotopic (exact) mass is 951 g/mol. The molecule has 0 radical (unpaired) electrons. The molecule has 2 aromatic carbocycles. The van der Waals surface area contributed by atoms with Crippen molar-refractivity contribution in [3.63, 3.8) is 0 Å². The summed E-state index contributed by atoms with van der Waals surface area (Å²) < 4.78 is 0. The Morgan fingerprint density at radius 3 is 1.50 bits per heavy atom. The van der Waals surface area contributed by atoms with Crippen LogP contribution in [0.25, 0.3) is 0 Å². The summed E-state index contributed by atoms with van der Waals surface area (Å²) in [6, 6.07) is 19.1. The molecular formula is C54H90N6O8. The Bertz CT molecular complexity index is 1750. The SMILES string of the molecule is C=C(C)C(=O)NCC.CC(=O)NCCCC(C)C.CC(C)CCCNC(=O)C(CC(C)c1ccccc1)C(C)C(=O)O.CC(C)CCCNC(=O)c1ccccc1.CCN1CC(=O)N(CC)C1=O. The van der Waals surface area contributed by atoms with E-state index in [4.69, 9.17) is 0 Å². The summed E-state index contributed by atoms with van der Waals surface area (Å²) in [6.45, 7) is 33.2. The lowest BCUT2D eigenvalue weighted by molar-refractivity contribution is -0.146. The van der Waals surface area contributed by atoms with Crippen molar-refractivity contribution >= 4 is 41.5 Å². The molecule has 0 bridgehead atoms. The van der Waals surface area contributed by atoms with Gasteiger partial charge in [-0.05, 0) is 114 Å². The maximum Gasteiger partial charge on any atom is 0.327 e. The van der Waals surface area contributed by atoms with Gasteiger partial charge in [-0.15, -0.1) is 0 Å². The largest absolute Gasteiger partial charge is 0.481 e. The zero-order valence-electron chi connectivity index (χ0n) is 44.0. The van der Waals surface area contributed by atoms with E-state index in [-0.39, 0.29) is 48.0 Å². The van der Waals surface area contributed by atoms with Gasteiger partial charge in [0, 0.05) is 57.3 Å². The number of likely N-dealkylation sites (N-methyl/N-ethyl adjacent to an activating group) is 3. The van der Waals surface area contributed by atoms with Crippen molar-refractivity contribution in [2.75, 3.05) is 45.8 Å². The fraction of sp³-hybridized carbons (Fsp3) is 0.611. The van der Waals surface area contributed by atoms with Crippen LogP contribution < -0.4 is 21.3 Å². The van der Waals surface area contributed by atoms with Crippen LogP contribution in [0, 0.1) is 29.6 Å². The molecule has 5 N–H and O–H groups in total. The Kier molecular flexibility index (Phi) is 36.5. The quantitative estimate of drug-likeness (QED) is 0.0413. The summed E-state index contributed by atoms with van der Waals surface area (Å²) >= 11 is 0. The number of aliphatic carboxylic acids is 1. The number of carboxylic acids is 1. The number of benzene rings is 2. The molecular weight excluding hydrogens is 861 g/mol. The van der Waals surface area contributed by atoms with Crippen LogP contribution in [0.15, 0.2) is 72.8 Å². The van der Waals surface area contributed by atoms with Gasteiger partial charge in [0.05, 0.1) is 11.8 Å². The number of hydrogen-bond donors (Lipinski definition) is 5. The third kappa shape index (κ3) is 31.4. The molecule has 2 aromatic rings. The molecule has 0 spiro atoms. The lowest BCUT2D eigenvalue weighted by Gasteiger charge is -2.24. The molecule has 14 nitrogen and oxygen atoms in total. The minimum absolute atomic E-state index is 0.0272. The average molecular weight is 951 g/mol.